The van der Waals surface area contributed by atoms with Crippen molar-refractivity contribution < 1.29 is 9.85 Å². The summed E-state index contributed by atoms with van der Waals surface area (Å²) in [6, 6.07) is 6.13. The maximum atomic E-state index is 11.4. The Kier molecular flexibility index (Phi) is 3.95. The van der Waals surface area contributed by atoms with Crippen molar-refractivity contribution in [1.82, 2.24) is 0 Å². The van der Waals surface area contributed by atoms with Gasteiger partial charge in [-0.1, -0.05) is 12.1 Å². The van der Waals surface area contributed by atoms with Crippen LogP contribution in [0.4, 0.5) is 11.4 Å². The van der Waals surface area contributed by atoms with E-state index in [1.54, 1.807) is 26.0 Å². The minimum atomic E-state index is -0.493. The van der Waals surface area contributed by atoms with Crippen LogP contribution in [0.2, 0.25) is 0 Å². The molecule has 0 aliphatic rings. The molecule has 0 heterocycles. The fourth-order valence-corrected chi connectivity index (χ4v) is 2.54. The van der Waals surface area contributed by atoms with Crippen molar-refractivity contribution >= 4 is 11.4 Å². The third kappa shape index (κ3) is 2.43. The van der Waals surface area contributed by atoms with E-state index in [2.05, 4.69) is 0 Å². The molecule has 0 bridgehead atoms. The molecule has 6 heteroatoms. The van der Waals surface area contributed by atoms with Gasteiger partial charge >= 0.3 is 0 Å². The van der Waals surface area contributed by atoms with Gasteiger partial charge in [-0.3, -0.25) is 20.2 Å². The fourth-order valence-electron chi connectivity index (χ4n) is 2.54. The smallest absolute Gasteiger partial charge is 0.258 e. The van der Waals surface area contributed by atoms with Crippen LogP contribution < -0.4 is 0 Å². The molecule has 2 aromatic rings. The van der Waals surface area contributed by atoms with Crippen molar-refractivity contribution in [2.75, 3.05) is 0 Å². The lowest BCUT2D eigenvalue weighted by atomic mass is 9.89. The lowest BCUT2D eigenvalue weighted by molar-refractivity contribution is -0.386. The number of nitro groups is 2. The predicted octanol–water partition coefficient (Wildman–Crippen LogP) is 4.40. The Morgan fingerprint density at radius 3 is 1.27 bits per heavy atom. The summed E-state index contributed by atoms with van der Waals surface area (Å²) in [6.45, 7) is 7.17. The fraction of sp³-hybridized carbons (Fsp3) is 0.250. The van der Waals surface area contributed by atoms with E-state index in [1.807, 2.05) is 13.8 Å². The summed E-state index contributed by atoms with van der Waals surface area (Å²) < 4.78 is 0. The second-order valence-corrected chi connectivity index (χ2v) is 5.32. The first-order valence-corrected chi connectivity index (χ1v) is 6.75. The Balaban J connectivity index is 2.99. The number of aryl methyl sites for hydroxylation is 2. The zero-order valence-corrected chi connectivity index (χ0v) is 12.8. The molecule has 6 nitrogen and oxygen atoms in total. The van der Waals surface area contributed by atoms with Crippen LogP contribution in [0.3, 0.4) is 0 Å². The van der Waals surface area contributed by atoms with Crippen LogP contribution in [0, 0.1) is 47.9 Å². The molecule has 0 aliphatic carbocycles. The van der Waals surface area contributed by atoms with E-state index < -0.39 is 9.85 Å². The zero-order valence-electron chi connectivity index (χ0n) is 12.8. The van der Waals surface area contributed by atoms with Crippen molar-refractivity contribution in [2.45, 2.75) is 27.7 Å². The standard InChI is InChI=1S/C16H16N2O4/c1-9-5-7-13(17(19)20)15(11(9)3)16-12(4)10(2)6-8-14(16)18(21)22/h5-8H,1-4H3. The van der Waals surface area contributed by atoms with Gasteiger partial charge in [0, 0.05) is 12.1 Å². The van der Waals surface area contributed by atoms with Crippen LogP contribution >= 0.6 is 0 Å². The highest BCUT2D eigenvalue weighted by molar-refractivity contribution is 5.86. The van der Waals surface area contributed by atoms with Gasteiger partial charge in [-0.15, -0.1) is 0 Å². The van der Waals surface area contributed by atoms with Crippen molar-refractivity contribution in [3.8, 4) is 11.1 Å². The number of hydrogen-bond acceptors (Lipinski definition) is 4. The van der Waals surface area contributed by atoms with Gasteiger partial charge in [-0.2, -0.15) is 0 Å². The summed E-state index contributed by atoms with van der Waals surface area (Å²) in [7, 11) is 0. The van der Waals surface area contributed by atoms with Gasteiger partial charge in [-0.05, 0) is 49.9 Å². The molecule has 0 fully saturated rings. The highest BCUT2D eigenvalue weighted by Crippen LogP contribution is 2.42. The maximum Gasteiger partial charge on any atom is 0.277 e. The van der Waals surface area contributed by atoms with Crippen molar-refractivity contribution in [1.29, 1.82) is 0 Å². The van der Waals surface area contributed by atoms with Crippen molar-refractivity contribution in [2.24, 2.45) is 0 Å². The summed E-state index contributed by atoms with van der Waals surface area (Å²) in [5, 5.41) is 22.7. The topological polar surface area (TPSA) is 86.3 Å². The zero-order chi connectivity index (χ0) is 16.6. The summed E-state index contributed by atoms with van der Waals surface area (Å²) in [5.74, 6) is 0. The molecule has 22 heavy (non-hydrogen) atoms. The van der Waals surface area contributed by atoms with Gasteiger partial charge in [0.15, 0.2) is 0 Å². The second kappa shape index (κ2) is 5.55. The number of rotatable bonds is 3. The van der Waals surface area contributed by atoms with E-state index >= 15 is 0 Å². The van der Waals surface area contributed by atoms with E-state index in [0.717, 1.165) is 11.1 Å². The van der Waals surface area contributed by atoms with E-state index in [-0.39, 0.29) is 11.4 Å². The van der Waals surface area contributed by atoms with Crippen LogP contribution in [0.15, 0.2) is 24.3 Å². The molecule has 114 valence electrons. The third-order valence-electron chi connectivity index (χ3n) is 4.07. The van der Waals surface area contributed by atoms with Gasteiger partial charge < -0.3 is 0 Å². The summed E-state index contributed by atoms with van der Waals surface area (Å²) in [4.78, 5) is 21.8. The number of nitro benzene ring substituents is 2. The molecule has 0 amide bonds. The summed E-state index contributed by atoms with van der Waals surface area (Å²) >= 11 is 0. The van der Waals surface area contributed by atoms with Crippen molar-refractivity contribution in [3.05, 3.63) is 66.7 Å². The molecule has 0 atom stereocenters. The number of nitrogens with zero attached hydrogens (tertiary/aromatic N) is 2. The first kappa shape index (κ1) is 15.6. The molecule has 0 spiro atoms. The molecular formula is C16H16N2O4. The van der Waals surface area contributed by atoms with E-state index in [1.165, 1.54) is 12.1 Å². The second-order valence-electron chi connectivity index (χ2n) is 5.32. The Morgan fingerprint density at radius 1 is 0.682 bits per heavy atom. The molecule has 0 N–H and O–H groups in total. The van der Waals surface area contributed by atoms with E-state index in [0.29, 0.717) is 22.3 Å². The van der Waals surface area contributed by atoms with E-state index in [4.69, 9.17) is 0 Å². The molecule has 2 aromatic carbocycles. The molecule has 0 saturated carbocycles. The maximum absolute atomic E-state index is 11.4. The van der Waals surface area contributed by atoms with Crippen LogP contribution in [-0.2, 0) is 0 Å². The molecular weight excluding hydrogens is 284 g/mol. The summed E-state index contributed by atoms with van der Waals surface area (Å²) in [5.41, 5.74) is 3.53. The van der Waals surface area contributed by atoms with Gasteiger partial charge in [0.05, 0.1) is 21.0 Å². The highest BCUT2D eigenvalue weighted by atomic mass is 16.6. The Morgan fingerprint density at radius 2 is 1.00 bits per heavy atom. The number of hydrogen-bond donors (Lipinski definition) is 0. The monoisotopic (exact) mass is 300 g/mol. The molecule has 0 saturated heterocycles. The SMILES string of the molecule is Cc1ccc([N+](=O)[O-])c(-c2c([N+](=O)[O-])ccc(C)c2C)c1C. The average Bonchev–Trinajstić information content (AvgIpc) is 2.44. The van der Waals surface area contributed by atoms with Crippen LogP contribution in [0.5, 0.6) is 0 Å². The first-order chi connectivity index (χ1) is 10.3. The van der Waals surface area contributed by atoms with Crippen LogP contribution in [0.25, 0.3) is 11.1 Å². The lowest BCUT2D eigenvalue weighted by Gasteiger charge is -2.14. The Labute approximate surface area is 127 Å². The number of benzene rings is 2. The molecule has 2 rings (SSSR count). The van der Waals surface area contributed by atoms with Gasteiger partial charge in [0.25, 0.3) is 11.4 Å². The highest BCUT2D eigenvalue weighted by Gasteiger charge is 2.27. The molecule has 0 radical (unpaired) electrons. The minimum absolute atomic E-state index is 0.111. The van der Waals surface area contributed by atoms with Crippen molar-refractivity contribution in [3.63, 3.8) is 0 Å². The lowest BCUT2D eigenvalue weighted by Crippen LogP contribution is -2.02. The molecule has 0 aliphatic heterocycles. The van der Waals surface area contributed by atoms with Gasteiger partial charge in [0.1, 0.15) is 0 Å². The quantitative estimate of drug-likeness (QED) is 0.620. The van der Waals surface area contributed by atoms with Gasteiger partial charge in [0.2, 0.25) is 0 Å². The van der Waals surface area contributed by atoms with Gasteiger partial charge in [-0.25, -0.2) is 0 Å². The van der Waals surface area contributed by atoms with Crippen LogP contribution in [-0.4, -0.2) is 9.85 Å². The minimum Gasteiger partial charge on any atom is -0.258 e. The summed E-state index contributed by atoms with van der Waals surface area (Å²) in [6.07, 6.45) is 0. The third-order valence-corrected chi connectivity index (χ3v) is 4.07. The Bertz CT molecular complexity index is 730. The molecule has 0 aromatic heterocycles. The molecule has 0 unspecified atom stereocenters. The average molecular weight is 300 g/mol. The normalized spacial score (nSPS) is 10.5. The largest absolute Gasteiger partial charge is 0.277 e. The predicted molar refractivity (Wildman–Crippen MR) is 84.1 cm³/mol. The Hall–Kier alpha value is -2.76. The van der Waals surface area contributed by atoms with E-state index in [9.17, 15) is 20.2 Å². The van der Waals surface area contributed by atoms with Crippen LogP contribution in [0.1, 0.15) is 22.3 Å². The first-order valence-electron chi connectivity index (χ1n) is 6.75.